The Morgan fingerprint density at radius 3 is 2.32 bits per heavy atom. The van der Waals surface area contributed by atoms with Crippen molar-refractivity contribution in [3.63, 3.8) is 0 Å². The van der Waals surface area contributed by atoms with Crippen molar-refractivity contribution in [1.29, 1.82) is 0 Å². The summed E-state index contributed by atoms with van der Waals surface area (Å²) in [6.07, 6.45) is 0. The van der Waals surface area contributed by atoms with E-state index in [1.807, 2.05) is 0 Å². The molecule has 0 aliphatic heterocycles. The third-order valence-corrected chi connectivity index (χ3v) is 3.50. The fourth-order valence-electron chi connectivity index (χ4n) is 1.97. The van der Waals surface area contributed by atoms with E-state index in [9.17, 15) is 14.4 Å². The van der Waals surface area contributed by atoms with E-state index < -0.39 is 18.5 Å². The number of hydrogen-bond donors (Lipinski definition) is 2. The highest BCUT2D eigenvalue weighted by Crippen LogP contribution is 2.19. The fraction of sp³-hybridized carbons (Fsp3) is 0.118. The van der Waals surface area contributed by atoms with Gasteiger partial charge in [0.05, 0.1) is 5.56 Å². The molecule has 0 heterocycles. The minimum atomic E-state index is -0.723. The number of hydrogen-bond acceptors (Lipinski definition) is 4. The van der Waals surface area contributed by atoms with Gasteiger partial charge in [-0.15, -0.1) is 0 Å². The Morgan fingerprint density at radius 2 is 1.68 bits per heavy atom. The number of carbonyl (C=O) groups excluding carboxylic acids is 3. The van der Waals surface area contributed by atoms with Crippen LogP contribution in [-0.2, 0) is 9.53 Å². The molecule has 0 spiro atoms. The minimum absolute atomic E-state index is 0.145. The lowest BCUT2D eigenvalue weighted by Crippen LogP contribution is -2.22. The van der Waals surface area contributed by atoms with Crippen LogP contribution in [0.3, 0.4) is 0 Å². The number of anilines is 1. The zero-order valence-corrected chi connectivity index (χ0v) is 14.6. The van der Waals surface area contributed by atoms with Crippen molar-refractivity contribution in [2.45, 2.75) is 0 Å². The summed E-state index contributed by atoms with van der Waals surface area (Å²) in [5.41, 5.74) is 0.950. The summed E-state index contributed by atoms with van der Waals surface area (Å²) in [5, 5.41) is 5.60. The summed E-state index contributed by atoms with van der Waals surface area (Å²) >= 11 is 11.6. The molecule has 0 unspecified atom stereocenters. The average Bonchev–Trinajstić information content (AvgIpc) is 2.58. The smallest absolute Gasteiger partial charge is 0.338 e. The molecule has 0 aliphatic rings. The maximum Gasteiger partial charge on any atom is 0.338 e. The molecular formula is C17H14Cl2N2O4. The second-order valence-corrected chi connectivity index (χ2v) is 5.82. The number of halogens is 2. The van der Waals surface area contributed by atoms with Gasteiger partial charge < -0.3 is 15.4 Å². The number of rotatable bonds is 5. The van der Waals surface area contributed by atoms with Crippen LogP contribution in [0.5, 0.6) is 0 Å². The molecule has 0 saturated heterocycles. The van der Waals surface area contributed by atoms with Crippen LogP contribution in [0.15, 0.2) is 42.5 Å². The van der Waals surface area contributed by atoms with Crippen molar-refractivity contribution >= 4 is 46.7 Å². The molecule has 0 fully saturated rings. The molecule has 25 heavy (non-hydrogen) atoms. The van der Waals surface area contributed by atoms with Crippen molar-refractivity contribution in [3.8, 4) is 0 Å². The van der Waals surface area contributed by atoms with Gasteiger partial charge in [-0.3, -0.25) is 9.59 Å². The van der Waals surface area contributed by atoms with Crippen molar-refractivity contribution in [3.05, 3.63) is 63.6 Å². The Hall–Kier alpha value is -2.57. The van der Waals surface area contributed by atoms with Crippen molar-refractivity contribution < 1.29 is 19.1 Å². The van der Waals surface area contributed by atoms with E-state index in [4.69, 9.17) is 27.9 Å². The fourth-order valence-corrected chi connectivity index (χ4v) is 2.49. The summed E-state index contributed by atoms with van der Waals surface area (Å²) in [6.45, 7) is -0.493. The first-order valence-electron chi connectivity index (χ1n) is 7.14. The lowest BCUT2D eigenvalue weighted by atomic mass is 10.2. The predicted octanol–water partition coefficient (Wildman–Crippen LogP) is 3.15. The van der Waals surface area contributed by atoms with Gasteiger partial charge in [-0.2, -0.15) is 0 Å². The van der Waals surface area contributed by atoms with Crippen LogP contribution in [0.25, 0.3) is 0 Å². The topological polar surface area (TPSA) is 84.5 Å². The van der Waals surface area contributed by atoms with Crippen LogP contribution < -0.4 is 10.6 Å². The summed E-state index contributed by atoms with van der Waals surface area (Å²) < 4.78 is 4.92. The first-order valence-corrected chi connectivity index (χ1v) is 7.90. The van der Waals surface area contributed by atoms with E-state index >= 15 is 0 Å². The molecule has 130 valence electrons. The van der Waals surface area contributed by atoms with E-state index in [-0.39, 0.29) is 21.5 Å². The molecule has 0 radical (unpaired) electrons. The van der Waals surface area contributed by atoms with Gasteiger partial charge in [0.1, 0.15) is 0 Å². The number of nitrogens with one attached hydrogen (secondary N) is 2. The van der Waals surface area contributed by atoms with Gasteiger partial charge in [0, 0.05) is 28.3 Å². The van der Waals surface area contributed by atoms with Gasteiger partial charge in [-0.1, -0.05) is 29.3 Å². The number of ether oxygens (including phenoxy) is 1. The van der Waals surface area contributed by atoms with Crippen LogP contribution >= 0.6 is 23.2 Å². The normalized spacial score (nSPS) is 10.0. The Balaban J connectivity index is 1.94. The third-order valence-electron chi connectivity index (χ3n) is 3.07. The Bertz CT molecular complexity index is 804. The quantitative estimate of drug-likeness (QED) is 0.780. The van der Waals surface area contributed by atoms with Gasteiger partial charge in [0.15, 0.2) is 6.61 Å². The summed E-state index contributed by atoms with van der Waals surface area (Å²) in [5.74, 6) is -1.55. The molecule has 2 N–H and O–H groups in total. The summed E-state index contributed by atoms with van der Waals surface area (Å²) in [7, 11) is 1.51. The maximum atomic E-state index is 11.9. The Labute approximate surface area is 154 Å². The van der Waals surface area contributed by atoms with Crippen LogP contribution in [0.1, 0.15) is 20.7 Å². The number of benzene rings is 2. The first kappa shape index (κ1) is 18.8. The first-order chi connectivity index (χ1) is 11.9. The minimum Gasteiger partial charge on any atom is -0.452 e. The Kier molecular flexibility index (Phi) is 6.38. The molecule has 0 bridgehead atoms. The van der Waals surface area contributed by atoms with Gasteiger partial charge >= 0.3 is 5.97 Å². The van der Waals surface area contributed by atoms with Crippen LogP contribution in [0.4, 0.5) is 5.69 Å². The molecule has 0 aromatic heterocycles. The SMILES string of the molecule is CNC(=O)c1cccc(NC(=O)COC(=O)c2cc(Cl)cc(Cl)c2)c1. The molecule has 8 heteroatoms. The number of amides is 2. The van der Waals surface area contributed by atoms with Gasteiger partial charge in [0.25, 0.3) is 11.8 Å². The second-order valence-electron chi connectivity index (χ2n) is 4.94. The highest BCUT2D eigenvalue weighted by Gasteiger charge is 2.12. The molecule has 2 rings (SSSR count). The highest BCUT2D eigenvalue weighted by atomic mass is 35.5. The number of esters is 1. The van der Waals surface area contributed by atoms with Crippen LogP contribution in [-0.4, -0.2) is 31.4 Å². The largest absolute Gasteiger partial charge is 0.452 e. The standard InChI is InChI=1S/C17H14Cl2N2O4/c1-20-16(23)10-3-2-4-14(7-10)21-15(22)9-25-17(24)11-5-12(18)8-13(19)6-11/h2-8H,9H2,1H3,(H,20,23)(H,21,22). The van der Waals surface area contributed by atoms with E-state index in [0.717, 1.165) is 0 Å². The Morgan fingerprint density at radius 1 is 1.00 bits per heavy atom. The molecule has 0 aliphatic carbocycles. The lowest BCUT2D eigenvalue weighted by Gasteiger charge is -2.08. The van der Waals surface area contributed by atoms with Crippen molar-refractivity contribution in [1.82, 2.24) is 5.32 Å². The molecule has 2 amide bonds. The lowest BCUT2D eigenvalue weighted by molar-refractivity contribution is -0.119. The van der Waals surface area contributed by atoms with Crippen LogP contribution in [0.2, 0.25) is 10.0 Å². The van der Waals surface area contributed by atoms with Crippen molar-refractivity contribution in [2.24, 2.45) is 0 Å². The molecule has 0 atom stereocenters. The summed E-state index contributed by atoms with van der Waals surface area (Å²) in [4.78, 5) is 35.4. The highest BCUT2D eigenvalue weighted by molar-refractivity contribution is 6.35. The van der Waals surface area contributed by atoms with E-state index in [1.165, 1.54) is 31.3 Å². The number of carbonyl (C=O) groups is 3. The molecule has 2 aromatic rings. The summed E-state index contributed by atoms with van der Waals surface area (Å²) in [6, 6.07) is 10.6. The van der Waals surface area contributed by atoms with Gasteiger partial charge in [-0.25, -0.2) is 4.79 Å². The van der Waals surface area contributed by atoms with E-state index in [2.05, 4.69) is 10.6 Å². The van der Waals surface area contributed by atoms with Crippen LogP contribution in [0, 0.1) is 0 Å². The van der Waals surface area contributed by atoms with E-state index in [1.54, 1.807) is 18.2 Å². The van der Waals surface area contributed by atoms with Gasteiger partial charge in [0.2, 0.25) is 0 Å². The monoisotopic (exact) mass is 380 g/mol. The zero-order valence-electron chi connectivity index (χ0n) is 13.1. The zero-order chi connectivity index (χ0) is 18.4. The maximum absolute atomic E-state index is 11.9. The molecular weight excluding hydrogens is 367 g/mol. The average molecular weight is 381 g/mol. The second kappa shape index (κ2) is 8.50. The third kappa shape index (κ3) is 5.48. The molecule has 2 aromatic carbocycles. The molecule has 0 saturated carbocycles. The predicted molar refractivity (Wildman–Crippen MR) is 95.2 cm³/mol. The van der Waals surface area contributed by atoms with E-state index in [0.29, 0.717) is 11.3 Å². The van der Waals surface area contributed by atoms with Gasteiger partial charge in [-0.05, 0) is 36.4 Å². The molecule has 6 nitrogen and oxygen atoms in total. The van der Waals surface area contributed by atoms with Crippen molar-refractivity contribution in [2.75, 3.05) is 19.0 Å².